The molecule has 1 aliphatic heterocycles. The number of rotatable bonds is 7. The average molecular weight is 439 g/mol. The van der Waals surface area contributed by atoms with Gasteiger partial charge in [0.1, 0.15) is 12.4 Å². The zero-order valence-corrected chi connectivity index (χ0v) is 18.0. The van der Waals surface area contributed by atoms with E-state index >= 15 is 0 Å². The Morgan fingerprint density at radius 1 is 1.16 bits per heavy atom. The van der Waals surface area contributed by atoms with Gasteiger partial charge in [-0.15, -0.1) is 11.8 Å². The van der Waals surface area contributed by atoms with Crippen LogP contribution in [0.5, 0.6) is 11.5 Å². The zero-order chi connectivity index (χ0) is 21.6. The van der Waals surface area contributed by atoms with Crippen LogP contribution in [0.25, 0.3) is 0 Å². The van der Waals surface area contributed by atoms with Crippen LogP contribution in [-0.4, -0.2) is 23.3 Å². The number of nitrogens with one attached hydrogen (secondary N) is 1. The summed E-state index contributed by atoms with van der Waals surface area (Å²) in [5, 5.41) is 3.04. The Bertz CT molecular complexity index is 1060. The first kappa shape index (κ1) is 21.2. The molecule has 7 heteroatoms. The topological polar surface area (TPSA) is 60.5 Å². The lowest BCUT2D eigenvalue weighted by molar-refractivity contribution is 0.0934. The van der Waals surface area contributed by atoms with E-state index in [1.165, 1.54) is 17.8 Å². The number of benzene rings is 2. The summed E-state index contributed by atoms with van der Waals surface area (Å²) < 4.78 is 25.7. The van der Waals surface area contributed by atoms with E-state index in [0.29, 0.717) is 35.2 Å². The first-order chi connectivity index (χ1) is 15.2. The minimum absolute atomic E-state index is 0.224. The van der Waals surface area contributed by atoms with Crippen LogP contribution in [0.2, 0.25) is 0 Å². The normalized spacial score (nSPS) is 15.1. The van der Waals surface area contributed by atoms with E-state index in [9.17, 15) is 9.18 Å². The van der Waals surface area contributed by atoms with Crippen LogP contribution in [-0.2, 0) is 6.61 Å². The highest BCUT2D eigenvalue weighted by Crippen LogP contribution is 2.38. The number of carbonyl (C=O) groups excluding carboxylic acids is 1. The molecule has 0 spiro atoms. The van der Waals surface area contributed by atoms with Crippen molar-refractivity contribution < 1.29 is 18.7 Å². The van der Waals surface area contributed by atoms with Crippen molar-refractivity contribution >= 4 is 17.7 Å². The van der Waals surface area contributed by atoms with Crippen molar-refractivity contribution in [2.45, 2.75) is 30.9 Å². The number of amides is 1. The second-order valence-corrected chi connectivity index (χ2v) is 8.17. The fraction of sp³-hybridized carbons (Fsp3) is 0.250. The number of hydrogen-bond acceptors (Lipinski definition) is 5. The largest absolute Gasteiger partial charge is 0.490 e. The van der Waals surface area contributed by atoms with Gasteiger partial charge in [0, 0.05) is 28.6 Å². The first-order valence-electron chi connectivity index (χ1n) is 10.2. The van der Waals surface area contributed by atoms with Crippen LogP contribution in [0, 0.1) is 5.82 Å². The third-order valence-electron chi connectivity index (χ3n) is 4.98. The van der Waals surface area contributed by atoms with Crippen LogP contribution in [0.4, 0.5) is 4.39 Å². The van der Waals surface area contributed by atoms with Crippen molar-refractivity contribution in [2.75, 3.05) is 12.4 Å². The zero-order valence-electron chi connectivity index (χ0n) is 17.1. The number of halogens is 1. The molecule has 0 aliphatic carbocycles. The van der Waals surface area contributed by atoms with Gasteiger partial charge in [0.05, 0.1) is 12.6 Å². The lowest BCUT2D eigenvalue weighted by Crippen LogP contribution is -2.30. The summed E-state index contributed by atoms with van der Waals surface area (Å²) in [5.41, 5.74) is 2.28. The Labute approximate surface area is 185 Å². The maximum atomic E-state index is 14.1. The van der Waals surface area contributed by atoms with Crippen molar-refractivity contribution in [1.29, 1.82) is 0 Å². The first-order valence-corrected chi connectivity index (χ1v) is 11.1. The average Bonchev–Trinajstić information content (AvgIpc) is 2.80. The third kappa shape index (κ3) is 4.99. The van der Waals surface area contributed by atoms with Crippen molar-refractivity contribution in [2.24, 2.45) is 0 Å². The fourth-order valence-electron chi connectivity index (χ4n) is 3.45. The molecule has 1 N–H and O–H groups in total. The summed E-state index contributed by atoms with van der Waals surface area (Å²) >= 11 is 1.49. The molecule has 31 heavy (non-hydrogen) atoms. The molecule has 0 saturated carbocycles. The van der Waals surface area contributed by atoms with E-state index in [1.54, 1.807) is 36.7 Å². The molecular formula is C24H23FN2O3S. The second kappa shape index (κ2) is 9.83. The molecule has 1 aliphatic rings. The highest BCUT2D eigenvalue weighted by Gasteiger charge is 2.25. The monoisotopic (exact) mass is 438 g/mol. The molecule has 1 unspecified atom stereocenters. The number of hydrogen-bond donors (Lipinski definition) is 1. The third-order valence-corrected chi connectivity index (χ3v) is 6.14. The predicted molar refractivity (Wildman–Crippen MR) is 118 cm³/mol. The summed E-state index contributed by atoms with van der Waals surface area (Å²) in [6.07, 6.45) is 4.17. The molecule has 2 aromatic carbocycles. The second-order valence-electron chi connectivity index (χ2n) is 7.06. The Morgan fingerprint density at radius 2 is 2.00 bits per heavy atom. The van der Waals surface area contributed by atoms with Crippen LogP contribution in [0.15, 0.2) is 65.8 Å². The molecule has 4 rings (SSSR count). The molecular weight excluding hydrogens is 415 g/mol. The van der Waals surface area contributed by atoms with Crippen LogP contribution in [0.3, 0.4) is 0 Å². The van der Waals surface area contributed by atoms with Crippen molar-refractivity contribution in [1.82, 2.24) is 10.3 Å². The molecule has 5 nitrogen and oxygen atoms in total. The molecule has 160 valence electrons. The van der Waals surface area contributed by atoms with Crippen LogP contribution >= 0.6 is 11.8 Å². The van der Waals surface area contributed by atoms with Gasteiger partial charge in [-0.05, 0) is 60.9 Å². The molecule has 0 saturated heterocycles. The highest BCUT2D eigenvalue weighted by atomic mass is 32.2. The quantitative estimate of drug-likeness (QED) is 0.552. The number of ether oxygens (including phenoxy) is 2. The van der Waals surface area contributed by atoms with E-state index in [-0.39, 0.29) is 17.8 Å². The summed E-state index contributed by atoms with van der Waals surface area (Å²) in [5.74, 6) is 1.36. The van der Waals surface area contributed by atoms with Crippen molar-refractivity contribution in [3.63, 3.8) is 0 Å². The summed E-state index contributed by atoms with van der Waals surface area (Å²) in [7, 11) is 0. The number of pyridine rings is 1. The number of nitrogens with zero attached hydrogens (tertiary/aromatic N) is 1. The van der Waals surface area contributed by atoms with Gasteiger partial charge in [0.25, 0.3) is 5.91 Å². The van der Waals surface area contributed by atoms with Crippen LogP contribution in [0.1, 0.15) is 40.9 Å². The molecule has 0 bridgehead atoms. The standard InChI is InChI=1S/C24H23FN2O3S/c1-2-29-22-14-17(6-7-21(22)30-15-16-8-11-26-12-9-16)24(28)27-20-10-13-31-23-18(20)4-3-5-19(23)25/h3-9,11-12,14,20H,2,10,13,15H2,1H3,(H,27,28). The number of thioether (sulfide) groups is 1. The summed E-state index contributed by atoms with van der Waals surface area (Å²) in [4.78, 5) is 17.6. The van der Waals surface area contributed by atoms with E-state index in [4.69, 9.17) is 9.47 Å². The van der Waals surface area contributed by atoms with Crippen molar-refractivity contribution in [3.8, 4) is 11.5 Å². The Morgan fingerprint density at radius 3 is 2.81 bits per heavy atom. The van der Waals surface area contributed by atoms with Gasteiger partial charge in [-0.25, -0.2) is 4.39 Å². The molecule has 1 amide bonds. The minimum atomic E-state index is -0.240. The molecule has 2 heterocycles. The number of aromatic nitrogens is 1. The Balaban J connectivity index is 1.50. The van der Waals surface area contributed by atoms with Gasteiger partial charge in [-0.3, -0.25) is 9.78 Å². The van der Waals surface area contributed by atoms with Gasteiger partial charge in [-0.1, -0.05) is 12.1 Å². The Kier molecular flexibility index (Phi) is 6.72. The smallest absolute Gasteiger partial charge is 0.251 e. The molecule has 1 aromatic heterocycles. The van der Waals surface area contributed by atoms with Gasteiger partial charge in [0.2, 0.25) is 0 Å². The van der Waals surface area contributed by atoms with Crippen LogP contribution < -0.4 is 14.8 Å². The number of carbonyl (C=O) groups is 1. The maximum absolute atomic E-state index is 14.1. The van der Waals surface area contributed by atoms with Gasteiger partial charge in [-0.2, -0.15) is 0 Å². The van der Waals surface area contributed by atoms with Gasteiger partial charge >= 0.3 is 0 Å². The fourth-order valence-corrected chi connectivity index (χ4v) is 4.60. The molecule has 3 aromatic rings. The summed E-state index contributed by atoms with van der Waals surface area (Å²) in [6.45, 7) is 2.70. The lowest BCUT2D eigenvalue weighted by atomic mass is 10.0. The van der Waals surface area contributed by atoms with E-state index in [1.807, 2.05) is 25.1 Å². The number of fused-ring (bicyclic) bond motifs is 1. The SMILES string of the molecule is CCOc1cc(C(=O)NC2CCSc3c(F)cccc32)ccc1OCc1ccncc1. The highest BCUT2D eigenvalue weighted by molar-refractivity contribution is 7.99. The lowest BCUT2D eigenvalue weighted by Gasteiger charge is -2.26. The minimum Gasteiger partial charge on any atom is -0.490 e. The van der Waals surface area contributed by atoms with Crippen molar-refractivity contribution in [3.05, 3.63) is 83.4 Å². The maximum Gasteiger partial charge on any atom is 0.251 e. The van der Waals surface area contributed by atoms with E-state index in [0.717, 1.165) is 23.3 Å². The predicted octanol–water partition coefficient (Wildman–Crippen LogP) is 5.17. The Hall–Kier alpha value is -3.06. The molecule has 0 fully saturated rings. The molecule has 0 radical (unpaired) electrons. The van der Waals surface area contributed by atoms with E-state index in [2.05, 4.69) is 10.3 Å². The summed E-state index contributed by atoms with van der Waals surface area (Å²) in [6, 6.07) is 13.7. The van der Waals surface area contributed by atoms with Gasteiger partial charge < -0.3 is 14.8 Å². The van der Waals surface area contributed by atoms with E-state index < -0.39 is 0 Å². The van der Waals surface area contributed by atoms with Gasteiger partial charge in [0.15, 0.2) is 11.5 Å². The molecule has 1 atom stereocenters.